The van der Waals surface area contributed by atoms with Crippen molar-refractivity contribution in [1.29, 1.82) is 0 Å². The number of fused-ring (bicyclic) bond motifs is 1. The number of aliphatic hydroxyl groups excluding tert-OH is 1. The number of nitrogens with two attached hydrogens (primary N) is 2. The SMILES string of the molecule is C[C@H](NP(=O)(Oc1ccccc1)OC1O[C@@H](n2cnc3c(N(C)N)nc(N)nc32)[C@](C)(O)C1O)C(=O)OCc1ccccc1. The smallest absolute Gasteiger partial charge is 0.460 e. The van der Waals surface area contributed by atoms with Crippen LogP contribution in [0.5, 0.6) is 5.75 Å². The van der Waals surface area contributed by atoms with Gasteiger partial charge in [-0.05, 0) is 31.5 Å². The highest BCUT2D eigenvalue weighted by atomic mass is 31.2. The number of anilines is 2. The third kappa shape index (κ3) is 6.51. The number of aromatic nitrogens is 4. The van der Waals surface area contributed by atoms with Crippen molar-refractivity contribution >= 4 is 36.6 Å². The summed E-state index contributed by atoms with van der Waals surface area (Å²) in [5.74, 6) is 5.33. The Morgan fingerprint density at radius 3 is 2.52 bits per heavy atom. The average Bonchev–Trinajstić information content (AvgIpc) is 3.49. The predicted octanol–water partition coefficient (Wildman–Crippen LogP) is 1.61. The van der Waals surface area contributed by atoms with Gasteiger partial charge in [0, 0.05) is 7.05 Å². The summed E-state index contributed by atoms with van der Waals surface area (Å²) in [4.78, 5) is 25.4. The van der Waals surface area contributed by atoms with Crippen molar-refractivity contribution < 1.29 is 38.1 Å². The van der Waals surface area contributed by atoms with Gasteiger partial charge in [0.05, 0.1) is 6.33 Å². The number of ether oxygens (including phenoxy) is 2. The molecule has 0 spiro atoms. The summed E-state index contributed by atoms with van der Waals surface area (Å²) in [6, 6.07) is 15.9. The van der Waals surface area contributed by atoms with Crippen LogP contribution in [-0.4, -0.2) is 66.8 Å². The topological polar surface area (TPSA) is 222 Å². The number of nitrogens with zero attached hydrogens (tertiary/aromatic N) is 5. The van der Waals surface area contributed by atoms with Gasteiger partial charge in [-0.1, -0.05) is 48.5 Å². The van der Waals surface area contributed by atoms with E-state index in [9.17, 15) is 19.6 Å². The van der Waals surface area contributed by atoms with E-state index in [2.05, 4.69) is 20.0 Å². The molecule has 2 aromatic heterocycles. The number of hydrogen-bond donors (Lipinski definition) is 5. The van der Waals surface area contributed by atoms with Gasteiger partial charge in [-0.25, -0.2) is 15.4 Å². The zero-order chi connectivity index (χ0) is 31.6. The number of rotatable bonds is 11. The maximum Gasteiger partial charge on any atom is 0.461 e. The Hall–Kier alpha value is -4.15. The van der Waals surface area contributed by atoms with Crippen LogP contribution in [0.3, 0.4) is 0 Å². The van der Waals surface area contributed by atoms with E-state index in [4.69, 9.17) is 30.1 Å². The fourth-order valence-corrected chi connectivity index (χ4v) is 6.08. The second-order valence-electron chi connectivity index (χ2n) is 10.3. The molecule has 234 valence electrons. The van der Waals surface area contributed by atoms with E-state index in [0.29, 0.717) is 0 Å². The monoisotopic (exact) mass is 628 g/mol. The van der Waals surface area contributed by atoms with Crippen LogP contribution in [-0.2, 0) is 30.0 Å². The van der Waals surface area contributed by atoms with Gasteiger partial charge in [0.2, 0.25) is 12.2 Å². The van der Waals surface area contributed by atoms with Crippen LogP contribution in [0.15, 0.2) is 67.0 Å². The molecule has 2 aromatic carbocycles. The first-order valence-corrected chi connectivity index (χ1v) is 15.0. The van der Waals surface area contributed by atoms with Crippen LogP contribution in [0.4, 0.5) is 11.8 Å². The third-order valence-electron chi connectivity index (χ3n) is 6.77. The molecule has 1 saturated heterocycles. The molecule has 1 aliphatic heterocycles. The number of benzene rings is 2. The number of hydrogen-bond acceptors (Lipinski definition) is 14. The number of carbonyl (C=O) groups is 1. The molecular formula is C27H33N8O8P. The molecule has 0 radical (unpaired) electrons. The lowest BCUT2D eigenvalue weighted by molar-refractivity contribution is -0.147. The summed E-state index contributed by atoms with van der Waals surface area (Å²) in [7, 11) is -2.98. The van der Waals surface area contributed by atoms with Crippen LogP contribution >= 0.6 is 7.75 Å². The van der Waals surface area contributed by atoms with Crippen LogP contribution in [0.2, 0.25) is 0 Å². The Morgan fingerprint density at radius 2 is 1.86 bits per heavy atom. The zero-order valence-electron chi connectivity index (χ0n) is 24.0. The number of hydrazine groups is 1. The third-order valence-corrected chi connectivity index (χ3v) is 8.41. The molecule has 4 aromatic rings. The van der Waals surface area contributed by atoms with Crippen molar-refractivity contribution in [2.75, 3.05) is 17.8 Å². The quantitative estimate of drug-likeness (QED) is 0.0689. The summed E-state index contributed by atoms with van der Waals surface area (Å²) in [5.41, 5.74) is 4.97. The Labute approximate surface area is 252 Å². The van der Waals surface area contributed by atoms with Gasteiger partial charge in [0.15, 0.2) is 23.2 Å². The number of carbonyl (C=O) groups excluding carboxylic acids is 1. The highest BCUT2D eigenvalue weighted by molar-refractivity contribution is 7.52. The van der Waals surface area contributed by atoms with E-state index in [1.54, 1.807) is 42.5 Å². The molecule has 16 nitrogen and oxygen atoms in total. The molecule has 17 heteroatoms. The summed E-state index contributed by atoms with van der Waals surface area (Å²) in [6.45, 7) is 2.69. The molecule has 0 saturated carbocycles. The molecule has 0 amide bonds. The minimum Gasteiger partial charge on any atom is -0.460 e. The fourth-order valence-electron chi connectivity index (χ4n) is 4.50. The summed E-state index contributed by atoms with van der Waals surface area (Å²) in [5, 5.41) is 26.2. The predicted molar refractivity (Wildman–Crippen MR) is 157 cm³/mol. The first kappa shape index (κ1) is 31.3. The molecule has 44 heavy (non-hydrogen) atoms. The van der Waals surface area contributed by atoms with Crippen molar-refractivity contribution in [1.82, 2.24) is 24.6 Å². The van der Waals surface area contributed by atoms with Crippen molar-refractivity contribution in [2.24, 2.45) is 5.84 Å². The Morgan fingerprint density at radius 1 is 1.20 bits per heavy atom. The minimum absolute atomic E-state index is 0.0139. The lowest BCUT2D eigenvalue weighted by Gasteiger charge is -2.27. The number of aliphatic hydroxyl groups is 2. The molecule has 1 fully saturated rings. The van der Waals surface area contributed by atoms with Crippen molar-refractivity contribution in [3.05, 3.63) is 72.6 Å². The number of nitrogen functional groups attached to an aromatic ring is 1. The fraction of sp³-hybridized carbons (Fsp3) is 0.333. The maximum absolute atomic E-state index is 14.1. The normalized spacial score (nSPS) is 23.6. The first-order chi connectivity index (χ1) is 20.9. The minimum atomic E-state index is -4.51. The van der Waals surface area contributed by atoms with E-state index in [-0.39, 0.29) is 35.3 Å². The maximum atomic E-state index is 14.1. The Kier molecular flexibility index (Phi) is 8.85. The van der Waals surface area contributed by atoms with Crippen molar-refractivity contribution in [2.45, 2.75) is 50.7 Å². The summed E-state index contributed by atoms with van der Waals surface area (Å²) >= 11 is 0. The van der Waals surface area contributed by atoms with Gasteiger partial charge < -0.3 is 29.9 Å². The van der Waals surface area contributed by atoms with E-state index in [0.717, 1.165) is 5.56 Å². The van der Waals surface area contributed by atoms with E-state index in [1.807, 2.05) is 6.07 Å². The Bertz CT molecular complexity index is 1660. The van der Waals surface area contributed by atoms with Gasteiger partial charge in [0.1, 0.15) is 30.1 Å². The van der Waals surface area contributed by atoms with E-state index >= 15 is 0 Å². The zero-order valence-corrected chi connectivity index (χ0v) is 24.9. The second kappa shape index (κ2) is 12.5. The molecule has 5 rings (SSSR count). The van der Waals surface area contributed by atoms with Crippen LogP contribution < -0.4 is 26.2 Å². The molecule has 0 bridgehead atoms. The average molecular weight is 629 g/mol. The number of imidazole rings is 1. The largest absolute Gasteiger partial charge is 0.461 e. The second-order valence-corrected chi connectivity index (χ2v) is 12.0. The number of para-hydroxylation sites is 1. The molecule has 6 atom stereocenters. The highest BCUT2D eigenvalue weighted by Crippen LogP contribution is 2.51. The van der Waals surface area contributed by atoms with Crippen LogP contribution in [0, 0.1) is 0 Å². The van der Waals surface area contributed by atoms with Crippen LogP contribution in [0.25, 0.3) is 11.2 Å². The molecule has 7 N–H and O–H groups in total. The molecule has 0 aliphatic carbocycles. The number of esters is 1. The molecule has 1 aliphatic rings. The molecule has 3 heterocycles. The molecule has 3 unspecified atom stereocenters. The van der Waals surface area contributed by atoms with Gasteiger partial charge in [-0.3, -0.25) is 18.9 Å². The lowest BCUT2D eigenvalue weighted by atomic mass is 9.99. The van der Waals surface area contributed by atoms with E-state index in [1.165, 1.54) is 48.9 Å². The standard InChI is InChI=1S/C27H33N8O8P/c1-16(23(37)40-14-17-10-6-4-7-11-17)33-44(39,42-18-12-8-5-9-13-18)43-24-20(36)27(2,38)25(41-24)35-15-30-19-21(34(3)29)31-26(28)32-22(19)35/h4-13,15-16,20,24-25,36,38H,14,29H2,1-3H3,(H,33,39)(H2,28,31,32)/t16-,20?,24?,25+,27+,44?/m0/s1. The lowest BCUT2D eigenvalue weighted by Crippen LogP contribution is -2.44. The first-order valence-electron chi connectivity index (χ1n) is 13.4. The van der Waals surface area contributed by atoms with Gasteiger partial charge in [-0.2, -0.15) is 15.1 Å². The van der Waals surface area contributed by atoms with Gasteiger partial charge in [0.25, 0.3) is 0 Å². The molecular weight excluding hydrogens is 595 g/mol. The van der Waals surface area contributed by atoms with Crippen molar-refractivity contribution in [3.63, 3.8) is 0 Å². The van der Waals surface area contributed by atoms with Gasteiger partial charge in [-0.15, -0.1) is 0 Å². The summed E-state index contributed by atoms with van der Waals surface area (Å²) in [6.07, 6.45) is -3.56. The van der Waals surface area contributed by atoms with Gasteiger partial charge >= 0.3 is 13.7 Å². The number of nitrogens with one attached hydrogen (secondary N) is 1. The van der Waals surface area contributed by atoms with Crippen LogP contribution in [0.1, 0.15) is 25.6 Å². The summed E-state index contributed by atoms with van der Waals surface area (Å²) < 4.78 is 38.1. The highest BCUT2D eigenvalue weighted by Gasteiger charge is 2.56. The van der Waals surface area contributed by atoms with Crippen molar-refractivity contribution in [3.8, 4) is 5.75 Å². The Balaban J connectivity index is 1.39. The van der Waals surface area contributed by atoms with E-state index < -0.39 is 44.0 Å².